The molecule has 1 aliphatic rings. The lowest BCUT2D eigenvalue weighted by Gasteiger charge is -2.30. The number of aromatic nitrogens is 1. The number of anilines is 1. The van der Waals surface area contributed by atoms with E-state index in [0.717, 1.165) is 33.8 Å². The molecule has 0 unspecified atom stereocenters. The first kappa shape index (κ1) is 21.5. The van der Waals surface area contributed by atoms with Gasteiger partial charge in [0.05, 0.1) is 5.69 Å². The number of thiocarbonyl (C=S) groups is 1. The highest BCUT2D eigenvalue weighted by atomic mass is 32.1. The molecule has 0 atom stereocenters. The van der Waals surface area contributed by atoms with Crippen molar-refractivity contribution in [3.63, 3.8) is 0 Å². The van der Waals surface area contributed by atoms with E-state index in [-0.39, 0.29) is 16.4 Å². The van der Waals surface area contributed by atoms with Crippen LogP contribution in [0.1, 0.15) is 28.1 Å². The normalized spacial score (nSPS) is 15.4. The molecule has 0 aliphatic carbocycles. The molecule has 1 saturated heterocycles. The molecule has 2 aromatic carbocycles. The van der Waals surface area contributed by atoms with Gasteiger partial charge in [-0.2, -0.15) is 0 Å². The average Bonchev–Trinajstić information content (AvgIpc) is 3.02. The molecule has 2 N–H and O–H groups in total. The molecule has 1 aliphatic heterocycles. The predicted octanol–water partition coefficient (Wildman–Crippen LogP) is 4.25. The molecule has 0 radical (unpaired) electrons. The maximum atomic E-state index is 13.4. The highest BCUT2D eigenvalue weighted by Crippen LogP contribution is 2.29. The first-order valence-corrected chi connectivity index (χ1v) is 10.6. The Morgan fingerprint density at radius 3 is 2.38 bits per heavy atom. The van der Waals surface area contributed by atoms with E-state index in [2.05, 4.69) is 5.32 Å². The van der Waals surface area contributed by atoms with Crippen molar-refractivity contribution in [1.29, 1.82) is 0 Å². The lowest BCUT2D eigenvalue weighted by molar-refractivity contribution is -0.122. The first-order chi connectivity index (χ1) is 15.2. The number of nitrogens with zero attached hydrogens (tertiary/aromatic N) is 2. The summed E-state index contributed by atoms with van der Waals surface area (Å²) in [5.74, 6) is -0.789. The smallest absolute Gasteiger partial charge is 0.270 e. The second kappa shape index (κ2) is 8.09. The quantitative estimate of drug-likeness (QED) is 0.359. The number of phenolic OH excluding ortho intramolecular Hbond substituents is 1. The molecule has 0 saturated carbocycles. The molecule has 6 nitrogen and oxygen atoms in total. The van der Waals surface area contributed by atoms with Crippen LogP contribution in [0.15, 0.2) is 54.1 Å². The molecule has 2 amide bonds. The Kier molecular flexibility index (Phi) is 5.44. The minimum absolute atomic E-state index is 0.0189. The van der Waals surface area contributed by atoms with Crippen LogP contribution in [0.4, 0.5) is 5.69 Å². The standard InChI is InChI=1S/C25H23N3O3S/c1-14-6-5-7-22(16(14)3)28-24(31)21(23(30)26-25(28)32)13-18-12-15(2)27(17(18)4)19-8-10-20(29)11-9-19/h5-13,29H,1-4H3,(H,26,30,32). The Balaban J connectivity index is 1.78. The third-order valence-electron chi connectivity index (χ3n) is 5.80. The maximum Gasteiger partial charge on any atom is 0.270 e. The van der Waals surface area contributed by atoms with Gasteiger partial charge >= 0.3 is 0 Å². The Hall–Kier alpha value is -3.71. The number of hydrogen-bond acceptors (Lipinski definition) is 4. The average molecular weight is 446 g/mol. The van der Waals surface area contributed by atoms with Crippen molar-refractivity contribution in [1.82, 2.24) is 9.88 Å². The fourth-order valence-electron chi connectivity index (χ4n) is 3.94. The third kappa shape index (κ3) is 3.61. The van der Waals surface area contributed by atoms with E-state index >= 15 is 0 Å². The Morgan fingerprint density at radius 1 is 1.00 bits per heavy atom. The van der Waals surface area contributed by atoms with Crippen molar-refractivity contribution in [2.45, 2.75) is 27.7 Å². The number of aryl methyl sites for hydroxylation is 2. The molecule has 162 valence electrons. The molecule has 0 spiro atoms. The molecule has 3 aromatic rings. The third-order valence-corrected chi connectivity index (χ3v) is 6.08. The number of phenols is 1. The summed E-state index contributed by atoms with van der Waals surface area (Å²) in [6.07, 6.45) is 1.61. The van der Waals surface area contributed by atoms with Gasteiger partial charge < -0.3 is 9.67 Å². The number of nitrogens with one attached hydrogen (secondary N) is 1. The monoisotopic (exact) mass is 445 g/mol. The minimum Gasteiger partial charge on any atom is -0.508 e. The van der Waals surface area contributed by atoms with Gasteiger partial charge in [0.1, 0.15) is 11.3 Å². The number of carbonyl (C=O) groups is 2. The van der Waals surface area contributed by atoms with Crippen LogP contribution >= 0.6 is 12.2 Å². The molecule has 32 heavy (non-hydrogen) atoms. The maximum absolute atomic E-state index is 13.4. The molecule has 4 rings (SSSR count). The van der Waals surface area contributed by atoms with Gasteiger partial charge in [-0.05, 0) is 99.1 Å². The topological polar surface area (TPSA) is 74.6 Å². The van der Waals surface area contributed by atoms with E-state index in [1.165, 1.54) is 4.90 Å². The zero-order valence-electron chi connectivity index (χ0n) is 18.3. The van der Waals surface area contributed by atoms with Crippen molar-refractivity contribution in [2.75, 3.05) is 4.90 Å². The van der Waals surface area contributed by atoms with Gasteiger partial charge in [0.2, 0.25) is 0 Å². The zero-order chi connectivity index (χ0) is 23.2. The Morgan fingerprint density at radius 2 is 1.69 bits per heavy atom. The van der Waals surface area contributed by atoms with Crippen LogP contribution in [0, 0.1) is 27.7 Å². The number of benzene rings is 2. The van der Waals surface area contributed by atoms with Crippen LogP contribution in [-0.4, -0.2) is 26.6 Å². The zero-order valence-corrected chi connectivity index (χ0v) is 19.1. The molecule has 2 heterocycles. The highest BCUT2D eigenvalue weighted by Gasteiger charge is 2.35. The molecule has 1 fully saturated rings. The van der Waals surface area contributed by atoms with Gasteiger partial charge in [-0.3, -0.25) is 19.8 Å². The van der Waals surface area contributed by atoms with E-state index < -0.39 is 11.8 Å². The van der Waals surface area contributed by atoms with Crippen LogP contribution in [0.3, 0.4) is 0 Å². The summed E-state index contributed by atoms with van der Waals surface area (Å²) in [5.41, 5.74) is 6.05. The van der Waals surface area contributed by atoms with Gasteiger partial charge in [-0.1, -0.05) is 12.1 Å². The largest absolute Gasteiger partial charge is 0.508 e. The number of aromatic hydroxyl groups is 1. The minimum atomic E-state index is -0.518. The summed E-state index contributed by atoms with van der Waals surface area (Å²) in [4.78, 5) is 27.5. The van der Waals surface area contributed by atoms with E-state index in [1.54, 1.807) is 18.2 Å². The summed E-state index contributed by atoms with van der Waals surface area (Å²) < 4.78 is 2.00. The van der Waals surface area contributed by atoms with Gasteiger partial charge in [-0.25, -0.2) is 0 Å². The highest BCUT2D eigenvalue weighted by molar-refractivity contribution is 7.80. The summed E-state index contributed by atoms with van der Waals surface area (Å²) in [6.45, 7) is 7.75. The van der Waals surface area contributed by atoms with Gasteiger partial charge in [0.25, 0.3) is 11.8 Å². The van der Waals surface area contributed by atoms with Crippen molar-refractivity contribution in [2.24, 2.45) is 0 Å². The molecule has 7 heteroatoms. The fraction of sp³-hybridized carbons (Fsp3) is 0.160. The van der Waals surface area contributed by atoms with Gasteiger partial charge in [0.15, 0.2) is 5.11 Å². The lowest BCUT2D eigenvalue weighted by Crippen LogP contribution is -2.54. The predicted molar refractivity (Wildman–Crippen MR) is 129 cm³/mol. The van der Waals surface area contributed by atoms with Gasteiger partial charge in [-0.15, -0.1) is 0 Å². The van der Waals surface area contributed by atoms with E-state index in [1.807, 2.05) is 68.7 Å². The summed E-state index contributed by atoms with van der Waals surface area (Å²) in [7, 11) is 0. The van der Waals surface area contributed by atoms with E-state index in [4.69, 9.17) is 12.2 Å². The van der Waals surface area contributed by atoms with Crippen LogP contribution in [-0.2, 0) is 9.59 Å². The van der Waals surface area contributed by atoms with Crippen molar-refractivity contribution in [3.8, 4) is 11.4 Å². The summed E-state index contributed by atoms with van der Waals surface area (Å²) in [6, 6.07) is 14.4. The fourth-order valence-corrected chi connectivity index (χ4v) is 4.22. The van der Waals surface area contributed by atoms with Crippen LogP contribution in [0.5, 0.6) is 5.75 Å². The second-order valence-electron chi connectivity index (χ2n) is 7.86. The van der Waals surface area contributed by atoms with Gasteiger partial charge in [0, 0.05) is 17.1 Å². The SMILES string of the molecule is Cc1cccc(N2C(=O)C(=Cc3cc(C)n(-c4ccc(O)cc4)c3C)C(=O)NC2=S)c1C. The van der Waals surface area contributed by atoms with Crippen LogP contribution < -0.4 is 10.2 Å². The van der Waals surface area contributed by atoms with E-state index in [9.17, 15) is 14.7 Å². The van der Waals surface area contributed by atoms with E-state index in [0.29, 0.717) is 5.69 Å². The first-order valence-electron chi connectivity index (χ1n) is 10.1. The van der Waals surface area contributed by atoms with Crippen molar-refractivity contribution in [3.05, 3.63) is 82.2 Å². The molecule has 0 bridgehead atoms. The Labute approximate surface area is 191 Å². The molecular formula is C25H23N3O3S. The number of hydrogen-bond donors (Lipinski definition) is 2. The van der Waals surface area contributed by atoms with Crippen LogP contribution in [0.2, 0.25) is 0 Å². The lowest BCUT2D eigenvalue weighted by atomic mass is 10.0. The van der Waals surface area contributed by atoms with Crippen molar-refractivity contribution >= 4 is 40.9 Å². The summed E-state index contributed by atoms with van der Waals surface area (Å²) >= 11 is 5.33. The van der Waals surface area contributed by atoms with Crippen LogP contribution in [0.25, 0.3) is 11.8 Å². The summed E-state index contributed by atoms with van der Waals surface area (Å²) in [5, 5.41) is 12.3. The Bertz CT molecular complexity index is 1300. The molecule has 1 aromatic heterocycles. The second-order valence-corrected chi connectivity index (χ2v) is 8.24. The van der Waals surface area contributed by atoms with Crippen molar-refractivity contribution < 1.29 is 14.7 Å². The number of amides is 2. The number of rotatable bonds is 3. The molecular weight excluding hydrogens is 422 g/mol. The number of carbonyl (C=O) groups excluding carboxylic acids is 2.